The van der Waals surface area contributed by atoms with Crippen molar-refractivity contribution < 1.29 is 9.59 Å². The molecule has 2 aromatic carbocycles. The quantitative estimate of drug-likeness (QED) is 0.457. The second kappa shape index (κ2) is 10.6. The Kier molecular flexibility index (Phi) is 8.25. The van der Waals surface area contributed by atoms with Crippen molar-refractivity contribution in [3.8, 4) is 0 Å². The van der Waals surface area contributed by atoms with Crippen molar-refractivity contribution in [3.63, 3.8) is 0 Å². The average molecular weight is 426 g/mol. The molecule has 0 spiro atoms. The van der Waals surface area contributed by atoms with Crippen LogP contribution in [-0.2, 0) is 0 Å². The lowest BCUT2D eigenvalue weighted by Gasteiger charge is -2.12. The number of rotatable bonds is 6. The van der Waals surface area contributed by atoms with E-state index in [9.17, 15) is 9.59 Å². The number of allylic oxidation sites excluding steroid dienone is 3. The maximum Gasteiger partial charge on any atom is 0.323 e. The molecule has 0 aromatic heterocycles. The number of benzene rings is 2. The highest BCUT2D eigenvalue weighted by atomic mass is 35.5. The van der Waals surface area contributed by atoms with Gasteiger partial charge in [0.15, 0.2) is 0 Å². The van der Waals surface area contributed by atoms with E-state index < -0.39 is 6.03 Å². The molecule has 0 aliphatic rings. The monoisotopic (exact) mass is 425 g/mol. The Hall–Kier alpha value is -3.05. The third-order valence-corrected chi connectivity index (χ3v) is 4.64. The highest BCUT2D eigenvalue weighted by Crippen LogP contribution is 2.20. The van der Waals surface area contributed by atoms with E-state index in [1.54, 1.807) is 24.3 Å². The molecule has 6 heteroatoms. The standard InChI is InChI=1S/C24H28ClN3O2/c1-6-15(3)10-20(7-2)26-23(29)18-8-16(4)11-21(13-18)27-24(30)28-22-12-17(5)9-19(25)14-22/h7-14H,6H2,1-5H3,(H,26,29)(H2,27,28,30)/b15-10-,20-7+. The van der Waals surface area contributed by atoms with Crippen molar-refractivity contribution in [1.82, 2.24) is 5.32 Å². The summed E-state index contributed by atoms with van der Waals surface area (Å²) in [6, 6.07) is 10.1. The molecule has 2 aromatic rings. The molecule has 0 saturated heterocycles. The number of carbonyl (C=O) groups is 2. The largest absolute Gasteiger partial charge is 0.323 e. The zero-order chi connectivity index (χ0) is 22.3. The van der Waals surface area contributed by atoms with Crippen LogP contribution >= 0.6 is 11.6 Å². The highest BCUT2D eigenvalue weighted by Gasteiger charge is 2.11. The fourth-order valence-corrected chi connectivity index (χ4v) is 3.14. The van der Waals surface area contributed by atoms with Crippen molar-refractivity contribution in [2.75, 3.05) is 10.6 Å². The molecule has 30 heavy (non-hydrogen) atoms. The van der Waals surface area contributed by atoms with Crippen LogP contribution in [0.3, 0.4) is 0 Å². The first kappa shape index (κ1) is 23.2. The Bertz CT molecular complexity index is 989. The van der Waals surface area contributed by atoms with Crippen molar-refractivity contribution in [2.45, 2.75) is 41.0 Å². The summed E-state index contributed by atoms with van der Waals surface area (Å²) >= 11 is 6.04. The summed E-state index contributed by atoms with van der Waals surface area (Å²) in [5, 5.41) is 8.99. The summed E-state index contributed by atoms with van der Waals surface area (Å²) in [7, 11) is 0. The highest BCUT2D eigenvalue weighted by molar-refractivity contribution is 6.31. The Morgan fingerprint density at radius 2 is 1.57 bits per heavy atom. The predicted octanol–water partition coefficient (Wildman–Crippen LogP) is 6.59. The van der Waals surface area contributed by atoms with Gasteiger partial charge in [-0.3, -0.25) is 4.79 Å². The van der Waals surface area contributed by atoms with Crippen LogP contribution in [0.25, 0.3) is 0 Å². The molecule has 0 aliphatic carbocycles. The number of anilines is 2. The van der Waals surface area contributed by atoms with Gasteiger partial charge >= 0.3 is 6.03 Å². The van der Waals surface area contributed by atoms with Crippen LogP contribution < -0.4 is 16.0 Å². The first-order valence-corrected chi connectivity index (χ1v) is 10.2. The molecule has 0 saturated carbocycles. The van der Waals surface area contributed by atoms with Crippen molar-refractivity contribution >= 4 is 34.9 Å². The van der Waals surface area contributed by atoms with E-state index >= 15 is 0 Å². The Morgan fingerprint density at radius 1 is 0.967 bits per heavy atom. The smallest absolute Gasteiger partial charge is 0.322 e. The van der Waals surface area contributed by atoms with Gasteiger partial charge in [-0.2, -0.15) is 0 Å². The second-order valence-electron chi connectivity index (χ2n) is 7.23. The van der Waals surface area contributed by atoms with Crippen LogP contribution in [0, 0.1) is 13.8 Å². The predicted molar refractivity (Wildman–Crippen MR) is 125 cm³/mol. The summed E-state index contributed by atoms with van der Waals surface area (Å²) < 4.78 is 0. The maximum absolute atomic E-state index is 12.7. The fourth-order valence-electron chi connectivity index (χ4n) is 2.85. The van der Waals surface area contributed by atoms with Crippen LogP contribution in [0.5, 0.6) is 0 Å². The van der Waals surface area contributed by atoms with Gasteiger partial charge in [-0.05, 0) is 87.7 Å². The van der Waals surface area contributed by atoms with Crippen molar-refractivity contribution in [1.29, 1.82) is 0 Å². The van der Waals surface area contributed by atoms with E-state index in [0.717, 1.165) is 23.2 Å². The van der Waals surface area contributed by atoms with E-state index in [4.69, 9.17) is 11.6 Å². The lowest BCUT2D eigenvalue weighted by atomic mass is 10.1. The van der Waals surface area contributed by atoms with E-state index in [0.29, 0.717) is 22.0 Å². The normalized spacial score (nSPS) is 11.8. The third-order valence-electron chi connectivity index (χ3n) is 4.43. The van der Waals surface area contributed by atoms with Crippen LogP contribution in [0.15, 0.2) is 59.8 Å². The number of amides is 3. The van der Waals surface area contributed by atoms with Crippen LogP contribution in [0.4, 0.5) is 16.2 Å². The summed E-state index contributed by atoms with van der Waals surface area (Å²) in [6.45, 7) is 9.73. The molecule has 0 fully saturated rings. The second-order valence-corrected chi connectivity index (χ2v) is 7.66. The molecular formula is C24H28ClN3O2. The summed E-state index contributed by atoms with van der Waals surface area (Å²) in [6.07, 6.45) is 4.71. The third kappa shape index (κ3) is 7.08. The minimum Gasteiger partial charge on any atom is -0.322 e. The Morgan fingerprint density at radius 3 is 2.13 bits per heavy atom. The summed E-state index contributed by atoms with van der Waals surface area (Å²) in [5.41, 5.74) is 5.30. The van der Waals surface area contributed by atoms with Gasteiger partial charge in [-0.1, -0.05) is 30.2 Å². The van der Waals surface area contributed by atoms with Gasteiger partial charge in [0.1, 0.15) is 0 Å². The zero-order valence-corrected chi connectivity index (χ0v) is 18.8. The number of carbonyl (C=O) groups excluding carboxylic acids is 2. The van der Waals surface area contributed by atoms with Gasteiger partial charge in [-0.15, -0.1) is 0 Å². The fraction of sp³-hybridized carbons (Fsp3) is 0.250. The molecule has 0 unspecified atom stereocenters. The molecule has 0 bridgehead atoms. The van der Waals surface area contributed by atoms with Gasteiger partial charge in [0, 0.05) is 27.7 Å². The van der Waals surface area contributed by atoms with Gasteiger partial charge in [-0.25, -0.2) is 4.79 Å². The molecule has 0 heterocycles. The number of halogens is 1. The molecule has 5 nitrogen and oxygen atoms in total. The molecule has 3 N–H and O–H groups in total. The topological polar surface area (TPSA) is 70.2 Å². The first-order chi connectivity index (χ1) is 14.2. The van der Waals surface area contributed by atoms with Crippen molar-refractivity contribution in [3.05, 3.63) is 81.5 Å². The van der Waals surface area contributed by atoms with E-state index in [-0.39, 0.29) is 5.91 Å². The number of aryl methyl sites for hydroxylation is 2. The lowest BCUT2D eigenvalue weighted by molar-refractivity contribution is 0.0967. The summed E-state index contributed by atoms with van der Waals surface area (Å²) in [4.78, 5) is 25.1. The van der Waals surface area contributed by atoms with Crippen LogP contribution in [-0.4, -0.2) is 11.9 Å². The zero-order valence-electron chi connectivity index (χ0n) is 18.0. The molecule has 0 atom stereocenters. The number of nitrogens with one attached hydrogen (secondary N) is 3. The average Bonchev–Trinajstić information content (AvgIpc) is 2.65. The molecule has 0 radical (unpaired) electrons. The van der Waals surface area contributed by atoms with Crippen LogP contribution in [0.1, 0.15) is 48.7 Å². The lowest BCUT2D eigenvalue weighted by Crippen LogP contribution is -2.23. The molecule has 0 aliphatic heterocycles. The summed E-state index contributed by atoms with van der Waals surface area (Å²) in [5.74, 6) is -0.235. The first-order valence-electron chi connectivity index (χ1n) is 9.82. The van der Waals surface area contributed by atoms with Gasteiger partial charge in [0.25, 0.3) is 5.91 Å². The minimum atomic E-state index is -0.413. The van der Waals surface area contributed by atoms with Gasteiger partial charge < -0.3 is 16.0 Å². The molecular weight excluding hydrogens is 398 g/mol. The molecule has 158 valence electrons. The minimum absolute atomic E-state index is 0.235. The van der Waals surface area contributed by atoms with E-state index in [1.165, 1.54) is 5.57 Å². The van der Waals surface area contributed by atoms with Gasteiger partial charge in [0.2, 0.25) is 0 Å². The van der Waals surface area contributed by atoms with E-state index in [2.05, 4.69) is 22.9 Å². The Labute approximate surface area is 183 Å². The van der Waals surface area contributed by atoms with Gasteiger partial charge in [0.05, 0.1) is 0 Å². The number of urea groups is 1. The number of hydrogen-bond acceptors (Lipinski definition) is 2. The molecule has 3 amide bonds. The Balaban J connectivity index is 2.14. The SMILES string of the molecule is C/C=C(\C=C(\C)CC)NC(=O)c1cc(C)cc(NC(=O)Nc2cc(C)cc(Cl)c2)c1. The van der Waals surface area contributed by atoms with Crippen LogP contribution in [0.2, 0.25) is 5.02 Å². The number of hydrogen-bond donors (Lipinski definition) is 3. The maximum atomic E-state index is 12.7. The molecule has 2 rings (SSSR count). The van der Waals surface area contributed by atoms with Crippen molar-refractivity contribution in [2.24, 2.45) is 0 Å². The van der Waals surface area contributed by atoms with E-state index in [1.807, 2.05) is 52.0 Å².